The highest BCUT2D eigenvalue weighted by Crippen LogP contribution is 2.24. The van der Waals surface area contributed by atoms with Gasteiger partial charge < -0.3 is 15.6 Å². The number of aromatic nitrogens is 2. The number of anilines is 1. The van der Waals surface area contributed by atoms with Gasteiger partial charge in [0, 0.05) is 31.5 Å². The molecule has 1 unspecified atom stereocenters. The summed E-state index contributed by atoms with van der Waals surface area (Å²) >= 11 is 0. The number of fused-ring (bicyclic) bond motifs is 1. The molecule has 0 spiro atoms. The van der Waals surface area contributed by atoms with E-state index >= 15 is 0 Å². The third-order valence-corrected chi connectivity index (χ3v) is 3.59. The summed E-state index contributed by atoms with van der Waals surface area (Å²) in [6, 6.07) is 8.38. The molecule has 98 valence electrons. The predicted octanol–water partition coefficient (Wildman–Crippen LogP) is 0.660. The number of H-pyrrole nitrogens is 1. The van der Waals surface area contributed by atoms with Crippen molar-refractivity contribution in [2.75, 3.05) is 11.4 Å². The molecular formula is C14H16N4O. The van der Waals surface area contributed by atoms with Crippen molar-refractivity contribution in [2.45, 2.75) is 19.0 Å². The zero-order valence-corrected chi connectivity index (χ0v) is 10.5. The zero-order valence-electron chi connectivity index (χ0n) is 10.5. The van der Waals surface area contributed by atoms with Crippen LogP contribution in [0.15, 0.2) is 41.5 Å². The third kappa shape index (κ3) is 2.13. The van der Waals surface area contributed by atoms with Gasteiger partial charge in [0.25, 0.3) is 5.56 Å². The lowest BCUT2D eigenvalue weighted by atomic mass is 9.94. The fourth-order valence-electron chi connectivity index (χ4n) is 2.59. The van der Waals surface area contributed by atoms with Gasteiger partial charge in [0.15, 0.2) is 5.82 Å². The number of nitrogens with two attached hydrogens (primary N) is 1. The van der Waals surface area contributed by atoms with Crippen LogP contribution in [0.3, 0.4) is 0 Å². The average Bonchev–Trinajstić information content (AvgIpc) is 2.46. The minimum atomic E-state index is -0.166. The van der Waals surface area contributed by atoms with Gasteiger partial charge in [-0.1, -0.05) is 24.3 Å². The van der Waals surface area contributed by atoms with Crippen molar-refractivity contribution in [3.63, 3.8) is 0 Å². The van der Waals surface area contributed by atoms with Crippen LogP contribution in [0.4, 0.5) is 5.82 Å². The summed E-state index contributed by atoms with van der Waals surface area (Å²) in [4.78, 5) is 20.8. The van der Waals surface area contributed by atoms with Crippen LogP contribution < -0.4 is 16.2 Å². The zero-order chi connectivity index (χ0) is 13.2. The highest BCUT2D eigenvalue weighted by Gasteiger charge is 2.27. The van der Waals surface area contributed by atoms with Gasteiger partial charge in [-0.15, -0.1) is 0 Å². The Morgan fingerprint density at radius 2 is 2.16 bits per heavy atom. The molecule has 3 rings (SSSR count). The van der Waals surface area contributed by atoms with Crippen LogP contribution in [-0.4, -0.2) is 22.6 Å². The van der Waals surface area contributed by atoms with Crippen LogP contribution in [0.5, 0.6) is 0 Å². The molecule has 0 bridgehead atoms. The molecule has 0 radical (unpaired) electrons. The van der Waals surface area contributed by atoms with E-state index in [0.29, 0.717) is 18.9 Å². The summed E-state index contributed by atoms with van der Waals surface area (Å²) in [6.45, 7) is 1.18. The normalized spacial score (nSPS) is 18.2. The topological polar surface area (TPSA) is 75.0 Å². The summed E-state index contributed by atoms with van der Waals surface area (Å²) in [5.41, 5.74) is 8.23. The largest absolute Gasteiger partial charge is 0.343 e. The summed E-state index contributed by atoms with van der Waals surface area (Å²) in [5.74, 6) is 0.451. The van der Waals surface area contributed by atoms with E-state index in [0.717, 1.165) is 6.42 Å². The molecule has 3 N–H and O–H groups in total. The Balaban J connectivity index is 2.02. The summed E-state index contributed by atoms with van der Waals surface area (Å²) in [5, 5.41) is 0. The second-order valence-electron chi connectivity index (χ2n) is 4.73. The van der Waals surface area contributed by atoms with Gasteiger partial charge in [-0.25, -0.2) is 4.98 Å². The molecule has 0 fully saturated rings. The SMILES string of the molecule is NCC1Cc2ccccc2CN1c1ncc[nH]c1=O. The van der Waals surface area contributed by atoms with E-state index in [1.165, 1.54) is 11.1 Å². The lowest BCUT2D eigenvalue weighted by Crippen LogP contribution is -2.47. The second-order valence-corrected chi connectivity index (χ2v) is 4.73. The standard InChI is InChI=1S/C14H16N4O/c15-8-12-7-10-3-1-2-4-11(10)9-18(12)13-14(19)17-6-5-16-13/h1-6,12H,7-9,15H2,(H,17,19). The van der Waals surface area contributed by atoms with E-state index in [2.05, 4.69) is 22.1 Å². The molecule has 5 heteroatoms. The van der Waals surface area contributed by atoms with Crippen molar-refractivity contribution in [3.05, 3.63) is 58.1 Å². The van der Waals surface area contributed by atoms with Crippen molar-refractivity contribution in [1.29, 1.82) is 0 Å². The summed E-state index contributed by atoms with van der Waals surface area (Å²) in [7, 11) is 0. The van der Waals surface area contributed by atoms with Crippen molar-refractivity contribution in [3.8, 4) is 0 Å². The molecule has 0 saturated carbocycles. The second kappa shape index (κ2) is 4.85. The highest BCUT2D eigenvalue weighted by atomic mass is 16.1. The lowest BCUT2D eigenvalue weighted by molar-refractivity contribution is 0.553. The monoisotopic (exact) mass is 256 g/mol. The van der Waals surface area contributed by atoms with Crippen LogP contribution in [0.1, 0.15) is 11.1 Å². The first-order valence-corrected chi connectivity index (χ1v) is 6.37. The molecule has 19 heavy (non-hydrogen) atoms. The Labute approximate surface area is 111 Å². The number of rotatable bonds is 2. The Bertz CT molecular complexity index is 637. The molecule has 0 amide bonds. The van der Waals surface area contributed by atoms with Gasteiger partial charge in [0.2, 0.25) is 0 Å². The summed E-state index contributed by atoms with van der Waals surface area (Å²) in [6.07, 6.45) is 3.99. The van der Waals surface area contributed by atoms with Gasteiger partial charge in [-0.05, 0) is 17.5 Å². The fourth-order valence-corrected chi connectivity index (χ4v) is 2.59. The van der Waals surface area contributed by atoms with Gasteiger partial charge in [0.05, 0.1) is 0 Å². The molecule has 1 aliphatic heterocycles. The maximum atomic E-state index is 11.9. The number of aromatic amines is 1. The van der Waals surface area contributed by atoms with Crippen molar-refractivity contribution >= 4 is 5.82 Å². The molecule has 0 aliphatic carbocycles. The van der Waals surface area contributed by atoms with E-state index in [1.807, 2.05) is 17.0 Å². The van der Waals surface area contributed by atoms with E-state index in [9.17, 15) is 4.79 Å². The van der Waals surface area contributed by atoms with Crippen molar-refractivity contribution in [1.82, 2.24) is 9.97 Å². The number of hydrogen-bond acceptors (Lipinski definition) is 4. The fraction of sp³-hybridized carbons (Fsp3) is 0.286. The Hall–Kier alpha value is -2.14. The smallest absolute Gasteiger partial charge is 0.290 e. The van der Waals surface area contributed by atoms with Crippen LogP contribution in [0, 0.1) is 0 Å². The van der Waals surface area contributed by atoms with E-state index in [1.54, 1.807) is 12.4 Å². The van der Waals surface area contributed by atoms with Gasteiger partial charge in [-0.2, -0.15) is 0 Å². The van der Waals surface area contributed by atoms with E-state index in [4.69, 9.17) is 5.73 Å². The molecule has 1 aromatic carbocycles. The molecule has 5 nitrogen and oxygen atoms in total. The predicted molar refractivity (Wildman–Crippen MR) is 74.0 cm³/mol. The van der Waals surface area contributed by atoms with E-state index in [-0.39, 0.29) is 11.6 Å². The molecular weight excluding hydrogens is 240 g/mol. The Kier molecular flexibility index (Phi) is 3.05. The summed E-state index contributed by atoms with van der Waals surface area (Å²) < 4.78 is 0. The number of hydrogen-bond donors (Lipinski definition) is 2. The molecule has 0 saturated heterocycles. The van der Waals surface area contributed by atoms with Crippen LogP contribution in [0.25, 0.3) is 0 Å². The molecule has 1 aliphatic rings. The molecule has 2 heterocycles. The Morgan fingerprint density at radius 3 is 2.89 bits per heavy atom. The molecule has 1 aromatic heterocycles. The molecule has 1 atom stereocenters. The van der Waals surface area contributed by atoms with Gasteiger partial charge in [0.1, 0.15) is 0 Å². The quantitative estimate of drug-likeness (QED) is 0.827. The first kappa shape index (κ1) is 11.9. The first-order chi connectivity index (χ1) is 9.29. The third-order valence-electron chi connectivity index (χ3n) is 3.59. The van der Waals surface area contributed by atoms with Crippen LogP contribution in [0.2, 0.25) is 0 Å². The average molecular weight is 256 g/mol. The van der Waals surface area contributed by atoms with Gasteiger partial charge in [-0.3, -0.25) is 4.79 Å². The minimum Gasteiger partial charge on any atom is -0.343 e. The maximum absolute atomic E-state index is 11.9. The van der Waals surface area contributed by atoms with E-state index < -0.39 is 0 Å². The number of nitrogens with zero attached hydrogens (tertiary/aromatic N) is 2. The van der Waals surface area contributed by atoms with Gasteiger partial charge >= 0.3 is 0 Å². The minimum absolute atomic E-state index is 0.117. The number of benzene rings is 1. The van der Waals surface area contributed by atoms with Crippen molar-refractivity contribution in [2.24, 2.45) is 5.73 Å². The Morgan fingerprint density at radius 1 is 1.37 bits per heavy atom. The van der Waals surface area contributed by atoms with Crippen molar-refractivity contribution < 1.29 is 0 Å². The van der Waals surface area contributed by atoms with Crippen LogP contribution in [-0.2, 0) is 13.0 Å². The lowest BCUT2D eigenvalue weighted by Gasteiger charge is -2.36. The maximum Gasteiger partial charge on any atom is 0.290 e. The highest BCUT2D eigenvalue weighted by molar-refractivity contribution is 5.44. The number of nitrogens with one attached hydrogen (secondary N) is 1. The first-order valence-electron chi connectivity index (χ1n) is 6.37. The van der Waals surface area contributed by atoms with Crippen LogP contribution >= 0.6 is 0 Å². The molecule has 2 aromatic rings.